The van der Waals surface area contributed by atoms with Crippen molar-refractivity contribution >= 4 is 11.9 Å². The fourth-order valence-corrected chi connectivity index (χ4v) is 4.34. The largest absolute Gasteiger partial charge is 0.335 e. The van der Waals surface area contributed by atoms with Crippen LogP contribution in [0.3, 0.4) is 0 Å². The summed E-state index contributed by atoms with van der Waals surface area (Å²) in [6.45, 7) is 1.57. The highest BCUT2D eigenvalue weighted by Gasteiger charge is 2.38. The highest BCUT2D eigenvalue weighted by molar-refractivity contribution is 5.86. The van der Waals surface area contributed by atoms with Crippen molar-refractivity contribution < 1.29 is 9.59 Å². The van der Waals surface area contributed by atoms with Crippen molar-refractivity contribution in [1.29, 1.82) is 0 Å². The number of benzene rings is 1. The van der Waals surface area contributed by atoms with E-state index in [1.54, 1.807) is 4.90 Å². The number of carbonyl (C=O) groups excluding carboxylic acids is 2. The van der Waals surface area contributed by atoms with E-state index in [-0.39, 0.29) is 30.6 Å². The smallest absolute Gasteiger partial charge is 0.318 e. The third-order valence-corrected chi connectivity index (χ3v) is 5.67. The molecule has 3 aliphatic rings. The minimum absolute atomic E-state index is 0.00769. The summed E-state index contributed by atoms with van der Waals surface area (Å²) in [6, 6.07) is 8.52. The topological polar surface area (TPSA) is 52.7 Å². The number of nitrogens with zero attached hydrogens (tertiary/aromatic N) is 2. The number of carbonyl (C=O) groups is 2. The quantitative estimate of drug-likeness (QED) is 0.861. The molecule has 1 atom stereocenters. The number of amides is 3. The molecule has 2 fully saturated rings. The maximum absolute atomic E-state index is 12.6. The molecule has 2 heterocycles. The number of nitrogens with one attached hydrogen (secondary N) is 1. The van der Waals surface area contributed by atoms with Crippen LogP contribution < -0.4 is 5.32 Å². The second kappa shape index (κ2) is 6.46. The van der Waals surface area contributed by atoms with Crippen molar-refractivity contribution in [1.82, 2.24) is 15.1 Å². The van der Waals surface area contributed by atoms with Crippen LogP contribution in [-0.2, 0) is 11.2 Å². The zero-order valence-electron chi connectivity index (χ0n) is 14.0. The molecule has 24 heavy (non-hydrogen) atoms. The van der Waals surface area contributed by atoms with E-state index < -0.39 is 0 Å². The summed E-state index contributed by atoms with van der Waals surface area (Å²) in [6.07, 6.45) is 6.67. The Bertz CT molecular complexity index is 639. The van der Waals surface area contributed by atoms with Gasteiger partial charge in [-0.15, -0.1) is 0 Å². The molecule has 2 aliphatic heterocycles. The SMILES string of the molecule is O=C(NC1CCCCC1)N1CC(=O)N2CCc3ccccc3[C@H]2C1. The monoisotopic (exact) mass is 327 g/mol. The highest BCUT2D eigenvalue weighted by atomic mass is 16.2. The zero-order chi connectivity index (χ0) is 16.5. The number of hydrogen-bond acceptors (Lipinski definition) is 2. The summed E-state index contributed by atoms with van der Waals surface area (Å²) in [5.41, 5.74) is 2.51. The van der Waals surface area contributed by atoms with Crippen molar-refractivity contribution in [3.05, 3.63) is 35.4 Å². The van der Waals surface area contributed by atoms with Gasteiger partial charge in [-0.25, -0.2) is 4.79 Å². The molecule has 0 bridgehead atoms. The minimum Gasteiger partial charge on any atom is -0.335 e. The van der Waals surface area contributed by atoms with Gasteiger partial charge in [-0.05, 0) is 30.4 Å². The molecule has 1 saturated carbocycles. The van der Waals surface area contributed by atoms with Crippen molar-refractivity contribution in [2.75, 3.05) is 19.6 Å². The van der Waals surface area contributed by atoms with Crippen LogP contribution in [0.4, 0.5) is 4.79 Å². The van der Waals surface area contributed by atoms with Crippen LogP contribution in [0.25, 0.3) is 0 Å². The van der Waals surface area contributed by atoms with Crippen molar-refractivity contribution in [2.45, 2.75) is 50.6 Å². The number of piperazine rings is 1. The van der Waals surface area contributed by atoms with Crippen LogP contribution in [0.1, 0.15) is 49.3 Å². The fourth-order valence-electron chi connectivity index (χ4n) is 4.34. The summed E-state index contributed by atoms with van der Waals surface area (Å²) in [4.78, 5) is 28.9. The minimum atomic E-state index is -0.0713. The molecule has 0 radical (unpaired) electrons. The Balaban J connectivity index is 1.49. The van der Waals surface area contributed by atoms with Gasteiger partial charge in [-0.2, -0.15) is 0 Å². The first-order chi connectivity index (χ1) is 11.7. The van der Waals surface area contributed by atoms with Crippen molar-refractivity contribution in [2.24, 2.45) is 0 Å². The van der Waals surface area contributed by atoms with E-state index >= 15 is 0 Å². The van der Waals surface area contributed by atoms with Gasteiger partial charge >= 0.3 is 6.03 Å². The van der Waals surface area contributed by atoms with Crippen LogP contribution in [0, 0.1) is 0 Å². The molecular formula is C19H25N3O2. The van der Waals surface area contributed by atoms with E-state index in [1.807, 2.05) is 17.0 Å². The van der Waals surface area contributed by atoms with Crippen molar-refractivity contribution in [3.8, 4) is 0 Å². The molecule has 0 unspecified atom stereocenters. The lowest BCUT2D eigenvalue weighted by Gasteiger charge is -2.44. The van der Waals surface area contributed by atoms with Crippen LogP contribution in [0.15, 0.2) is 24.3 Å². The molecule has 1 aromatic carbocycles. The van der Waals surface area contributed by atoms with E-state index in [9.17, 15) is 9.59 Å². The molecule has 3 amide bonds. The summed E-state index contributed by atoms with van der Waals surface area (Å²) >= 11 is 0. The number of urea groups is 1. The molecule has 5 nitrogen and oxygen atoms in total. The first-order valence-corrected chi connectivity index (χ1v) is 9.15. The molecule has 1 aliphatic carbocycles. The summed E-state index contributed by atoms with van der Waals surface area (Å²) in [7, 11) is 0. The predicted octanol–water partition coefficient (Wildman–Crippen LogP) is 2.47. The number of hydrogen-bond donors (Lipinski definition) is 1. The molecule has 5 heteroatoms. The van der Waals surface area contributed by atoms with Gasteiger partial charge in [0, 0.05) is 19.1 Å². The number of rotatable bonds is 1. The summed E-state index contributed by atoms with van der Waals surface area (Å²) < 4.78 is 0. The molecule has 1 N–H and O–H groups in total. The standard InChI is InChI=1S/C19H25N3O2/c23-18-13-21(19(24)20-15-7-2-1-3-8-15)12-17-16-9-5-4-6-14(16)10-11-22(17)18/h4-6,9,15,17H,1-3,7-8,10-13H2,(H,20,24)/t17-/m1/s1. The lowest BCUT2D eigenvalue weighted by molar-refractivity contribution is -0.139. The average Bonchev–Trinajstić information content (AvgIpc) is 2.62. The third-order valence-electron chi connectivity index (χ3n) is 5.67. The molecule has 1 aromatic rings. The van der Waals surface area contributed by atoms with Gasteiger partial charge in [-0.1, -0.05) is 43.5 Å². The van der Waals surface area contributed by atoms with E-state index in [2.05, 4.69) is 17.4 Å². The Kier molecular flexibility index (Phi) is 4.17. The summed E-state index contributed by atoms with van der Waals surface area (Å²) in [5.74, 6) is 0.0690. The molecule has 0 spiro atoms. The first-order valence-electron chi connectivity index (χ1n) is 9.15. The van der Waals surface area contributed by atoms with Gasteiger partial charge in [0.25, 0.3) is 0 Å². The van der Waals surface area contributed by atoms with Crippen LogP contribution >= 0.6 is 0 Å². The maximum atomic E-state index is 12.6. The van der Waals surface area contributed by atoms with E-state index in [0.29, 0.717) is 6.54 Å². The predicted molar refractivity (Wildman–Crippen MR) is 91.6 cm³/mol. The van der Waals surface area contributed by atoms with E-state index in [0.717, 1.165) is 25.8 Å². The lowest BCUT2D eigenvalue weighted by atomic mass is 9.91. The van der Waals surface area contributed by atoms with Gasteiger partial charge in [0.15, 0.2) is 0 Å². The Morgan fingerprint density at radius 3 is 2.75 bits per heavy atom. The van der Waals surface area contributed by atoms with Crippen LogP contribution in [-0.4, -0.2) is 47.4 Å². The van der Waals surface area contributed by atoms with Gasteiger partial charge < -0.3 is 15.1 Å². The second-order valence-electron chi connectivity index (χ2n) is 7.22. The first kappa shape index (κ1) is 15.5. The molecule has 128 valence electrons. The normalized spacial score (nSPS) is 24.3. The highest BCUT2D eigenvalue weighted by Crippen LogP contribution is 2.33. The maximum Gasteiger partial charge on any atom is 0.318 e. The Morgan fingerprint density at radius 2 is 1.92 bits per heavy atom. The molecule has 4 rings (SSSR count). The molecular weight excluding hydrogens is 302 g/mol. The van der Waals surface area contributed by atoms with Crippen molar-refractivity contribution in [3.63, 3.8) is 0 Å². The molecule has 1 saturated heterocycles. The van der Waals surface area contributed by atoms with Gasteiger partial charge in [0.05, 0.1) is 6.04 Å². The number of fused-ring (bicyclic) bond motifs is 3. The van der Waals surface area contributed by atoms with E-state index in [4.69, 9.17) is 0 Å². The Morgan fingerprint density at radius 1 is 1.12 bits per heavy atom. The Labute approximate surface area is 143 Å². The van der Waals surface area contributed by atoms with Gasteiger partial charge in [-0.3, -0.25) is 4.79 Å². The van der Waals surface area contributed by atoms with Crippen LogP contribution in [0.5, 0.6) is 0 Å². The Hall–Kier alpha value is -2.04. The average molecular weight is 327 g/mol. The molecule has 0 aromatic heterocycles. The van der Waals surface area contributed by atoms with Gasteiger partial charge in [0.1, 0.15) is 6.54 Å². The third kappa shape index (κ3) is 2.87. The van der Waals surface area contributed by atoms with E-state index in [1.165, 1.54) is 30.4 Å². The zero-order valence-corrected chi connectivity index (χ0v) is 14.0. The van der Waals surface area contributed by atoms with Gasteiger partial charge in [0.2, 0.25) is 5.91 Å². The fraction of sp³-hybridized carbons (Fsp3) is 0.579. The van der Waals surface area contributed by atoms with Crippen LogP contribution in [0.2, 0.25) is 0 Å². The second-order valence-corrected chi connectivity index (χ2v) is 7.22. The summed E-state index contributed by atoms with van der Waals surface area (Å²) in [5, 5.41) is 3.14. The lowest BCUT2D eigenvalue weighted by Crippen LogP contribution is -2.58.